The number of hydrogen-bond donors (Lipinski definition) is 0. The highest BCUT2D eigenvalue weighted by atomic mass is 16.5. The van der Waals surface area contributed by atoms with Gasteiger partial charge in [-0.3, -0.25) is 14.4 Å². The van der Waals surface area contributed by atoms with Gasteiger partial charge in [0.2, 0.25) is 11.8 Å². The van der Waals surface area contributed by atoms with Crippen LogP contribution in [0.4, 0.5) is 5.69 Å². The number of ether oxygens (including phenoxy) is 1. The van der Waals surface area contributed by atoms with Crippen molar-refractivity contribution < 1.29 is 19.1 Å². The Kier molecular flexibility index (Phi) is 3.06. The summed E-state index contributed by atoms with van der Waals surface area (Å²) in [5.74, 6) is -1.24. The van der Waals surface area contributed by atoms with Crippen LogP contribution in [0.5, 0.6) is 0 Å². The first-order chi connectivity index (χ1) is 12.1. The van der Waals surface area contributed by atoms with Crippen LogP contribution in [0.1, 0.15) is 32.6 Å². The topological polar surface area (TPSA) is 63.7 Å². The van der Waals surface area contributed by atoms with Crippen molar-refractivity contribution in [2.45, 2.75) is 44.3 Å². The summed E-state index contributed by atoms with van der Waals surface area (Å²) in [7, 11) is 0. The van der Waals surface area contributed by atoms with Crippen molar-refractivity contribution in [3.05, 3.63) is 30.3 Å². The molecule has 5 heteroatoms. The first kappa shape index (κ1) is 15.3. The molecule has 1 aliphatic carbocycles. The molecule has 0 N–H and O–H groups in total. The highest BCUT2D eigenvalue weighted by Gasteiger charge is 2.73. The largest absolute Gasteiger partial charge is 0.362 e. The number of imide groups is 1. The Morgan fingerprint density at radius 3 is 2.56 bits per heavy atom. The zero-order valence-electron chi connectivity index (χ0n) is 14.2. The average Bonchev–Trinajstić information content (AvgIpc) is 3.17. The molecule has 3 aliphatic heterocycles. The van der Waals surface area contributed by atoms with E-state index in [-0.39, 0.29) is 29.4 Å². The number of ketones is 1. The van der Waals surface area contributed by atoms with Crippen molar-refractivity contribution in [1.29, 1.82) is 0 Å². The lowest BCUT2D eigenvalue weighted by Gasteiger charge is -2.38. The third-order valence-electron chi connectivity index (χ3n) is 6.92. The van der Waals surface area contributed by atoms with Crippen LogP contribution >= 0.6 is 0 Å². The van der Waals surface area contributed by atoms with E-state index in [9.17, 15) is 14.4 Å². The van der Waals surface area contributed by atoms with Crippen LogP contribution in [-0.4, -0.2) is 29.3 Å². The maximum Gasteiger partial charge on any atom is 0.240 e. The number of fused-ring (bicyclic) bond motifs is 3. The summed E-state index contributed by atoms with van der Waals surface area (Å²) in [4.78, 5) is 40.5. The minimum Gasteiger partial charge on any atom is -0.362 e. The quantitative estimate of drug-likeness (QED) is 0.737. The molecule has 130 valence electrons. The van der Waals surface area contributed by atoms with Gasteiger partial charge < -0.3 is 4.74 Å². The summed E-state index contributed by atoms with van der Waals surface area (Å²) in [6.07, 6.45) is 2.44. The van der Waals surface area contributed by atoms with Crippen LogP contribution < -0.4 is 4.90 Å². The van der Waals surface area contributed by atoms with E-state index in [4.69, 9.17) is 4.74 Å². The van der Waals surface area contributed by atoms with E-state index in [0.717, 1.165) is 19.3 Å². The molecule has 1 spiro atoms. The average molecular weight is 339 g/mol. The van der Waals surface area contributed by atoms with E-state index in [0.29, 0.717) is 12.1 Å². The van der Waals surface area contributed by atoms with Crippen molar-refractivity contribution in [1.82, 2.24) is 0 Å². The minimum absolute atomic E-state index is 0.00969. The lowest BCUT2D eigenvalue weighted by molar-refractivity contribution is -0.147. The van der Waals surface area contributed by atoms with Crippen LogP contribution in [0.2, 0.25) is 0 Å². The Bertz CT molecular complexity index is 775. The van der Waals surface area contributed by atoms with Gasteiger partial charge >= 0.3 is 0 Å². The second-order valence-electron chi connectivity index (χ2n) is 7.92. The van der Waals surface area contributed by atoms with E-state index in [1.54, 1.807) is 12.1 Å². The number of Topliss-reactive ketones (excluding diaryl/α,β-unsaturated/α-hetero) is 1. The Labute approximate surface area is 146 Å². The summed E-state index contributed by atoms with van der Waals surface area (Å²) in [5.41, 5.74) is -0.0488. The Morgan fingerprint density at radius 1 is 1.04 bits per heavy atom. The molecule has 5 nitrogen and oxygen atoms in total. The molecule has 0 radical (unpaired) electrons. The van der Waals surface area contributed by atoms with Crippen molar-refractivity contribution >= 4 is 23.3 Å². The fourth-order valence-corrected chi connectivity index (χ4v) is 5.84. The number of carbonyl (C=O) groups excluding carboxylic acids is 3. The molecule has 2 bridgehead atoms. The van der Waals surface area contributed by atoms with Gasteiger partial charge in [-0.25, -0.2) is 4.90 Å². The number of benzene rings is 1. The third kappa shape index (κ3) is 1.74. The monoisotopic (exact) mass is 339 g/mol. The summed E-state index contributed by atoms with van der Waals surface area (Å²) in [6.45, 7) is 2.11. The van der Waals surface area contributed by atoms with Crippen molar-refractivity contribution in [2.75, 3.05) is 4.90 Å². The number of carbonyl (C=O) groups is 3. The fourth-order valence-electron chi connectivity index (χ4n) is 5.84. The summed E-state index contributed by atoms with van der Waals surface area (Å²) in [6, 6.07) is 9.04. The number of hydrogen-bond acceptors (Lipinski definition) is 4. The van der Waals surface area contributed by atoms with Crippen LogP contribution in [0, 0.1) is 23.7 Å². The molecule has 25 heavy (non-hydrogen) atoms. The smallest absolute Gasteiger partial charge is 0.240 e. The van der Waals surface area contributed by atoms with Gasteiger partial charge in [0.1, 0.15) is 6.10 Å². The zero-order chi connectivity index (χ0) is 17.3. The van der Waals surface area contributed by atoms with Gasteiger partial charge in [0.05, 0.1) is 23.1 Å². The van der Waals surface area contributed by atoms with Gasteiger partial charge in [-0.05, 0) is 43.2 Å². The molecule has 2 amide bonds. The third-order valence-corrected chi connectivity index (χ3v) is 6.92. The second-order valence-corrected chi connectivity index (χ2v) is 7.92. The van der Waals surface area contributed by atoms with Gasteiger partial charge in [0, 0.05) is 6.42 Å². The van der Waals surface area contributed by atoms with Gasteiger partial charge in [-0.2, -0.15) is 0 Å². The maximum atomic E-state index is 13.4. The first-order valence-corrected chi connectivity index (χ1v) is 9.19. The molecule has 0 aromatic heterocycles. The van der Waals surface area contributed by atoms with E-state index in [1.165, 1.54) is 4.90 Å². The predicted molar refractivity (Wildman–Crippen MR) is 89.6 cm³/mol. The molecule has 1 aromatic rings. The van der Waals surface area contributed by atoms with Gasteiger partial charge in [-0.15, -0.1) is 0 Å². The second kappa shape index (κ2) is 5.01. The number of nitrogens with zero attached hydrogens (tertiary/aromatic N) is 1. The van der Waals surface area contributed by atoms with E-state index < -0.39 is 23.5 Å². The Morgan fingerprint density at radius 2 is 1.80 bits per heavy atom. The summed E-state index contributed by atoms with van der Waals surface area (Å²) in [5, 5.41) is 0. The van der Waals surface area contributed by atoms with E-state index >= 15 is 0 Å². The molecule has 4 aliphatic rings. The highest BCUT2D eigenvalue weighted by Crippen LogP contribution is 2.61. The van der Waals surface area contributed by atoms with Crippen LogP contribution in [0.3, 0.4) is 0 Å². The lowest BCUT2D eigenvalue weighted by atomic mass is 9.68. The first-order valence-electron chi connectivity index (χ1n) is 9.19. The van der Waals surface area contributed by atoms with Gasteiger partial charge in [-0.1, -0.05) is 25.1 Å². The fraction of sp³-hybridized carbons (Fsp3) is 0.550. The molecule has 3 heterocycles. The number of amides is 2. The lowest BCUT2D eigenvalue weighted by Crippen LogP contribution is -2.49. The maximum absolute atomic E-state index is 13.4. The molecular formula is C20H21NO4. The van der Waals surface area contributed by atoms with E-state index in [1.807, 2.05) is 18.2 Å². The molecule has 5 rings (SSSR count). The van der Waals surface area contributed by atoms with Crippen molar-refractivity contribution in [3.63, 3.8) is 0 Å². The normalized spacial score (nSPS) is 42.5. The standard InChI is InChI=1S/C20H21NO4/c1-11-7-8-12-9-10-14(22)17-15-16(20(11,12)25-17)19(24)21(18(15)23)13-5-3-2-4-6-13/h2-6,11-12,15-17H,7-10H2,1H3/t11?,12?,15-,16-,17+,20-/m1/s1. The summed E-state index contributed by atoms with van der Waals surface area (Å²) < 4.78 is 6.33. The molecule has 3 saturated heterocycles. The molecule has 1 saturated carbocycles. The number of rotatable bonds is 1. The van der Waals surface area contributed by atoms with Crippen LogP contribution in [-0.2, 0) is 19.1 Å². The van der Waals surface area contributed by atoms with Crippen LogP contribution in [0.15, 0.2) is 30.3 Å². The SMILES string of the molecule is CC1CCC2CCC(=O)[C@@H]3O[C@]12[C@H]1C(=O)N(c2ccccc2)C(=O)[C@@H]31. The molecular weight excluding hydrogens is 318 g/mol. The summed E-state index contributed by atoms with van der Waals surface area (Å²) >= 11 is 0. The Balaban J connectivity index is 1.66. The zero-order valence-corrected chi connectivity index (χ0v) is 14.2. The van der Waals surface area contributed by atoms with Crippen molar-refractivity contribution in [2.24, 2.45) is 23.7 Å². The van der Waals surface area contributed by atoms with Crippen molar-refractivity contribution in [3.8, 4) is 0 Å². The Hall–Kier alpha value is -2.01. The van der Waals surface area contributed by atoms with Crippen LogP contribution in [0.25, 0.3) is 0 Å². The molecule has 6 atom stereocenters. The number of anilines is 1. The van der Waals surface area contributed by atoms with E-state index in [2.05, 4.69) is 6.92 Å². The minimum atomic E-state index is -0.749. The molecule has 1 aromatic carbocycles. The predicted octanol–water partition coefficient (Wildman–Crippen LogP) is 2.34. The van der Waals surface area contributed by atoms with Gasteiger partial charge in [0.25, 0.3) is 0 Å². The molecule has 4 fully saturated rings. The van der Waals surface area contributed by atoms with Gasteiger partial charge in [0.15, 0.2) is 5.78 Å². The highest BCUT2D eigenvalue weighted by molar-refractivity contribution is 6.24. The number of para-hydroxylation sites is 1. The molecule has 2 unspecified atom stereocenters.